The van der Waals surface area contributed by atoms with Crippen molar-refractivity contribution in [2.24, 2.45) is 0 Å². The Bertz CT molecular complexity index is 253. The maximum Gasteiger partial charge on any atom is 0.184 e. The molecule has 2 aliphatic rings. The first-order chi connectivity index (χ1) is 8.63. The number of aliphatic hydroxyl groups excluding tert-OH is 4. The summed E-state index contributed by atoms with van der Waals surface area (Å²) in [5.74, 6) is 0. The average Bonchev–Trinajstić information content (AvgIpc) is 2.40. The summed E-state index contributed by atoms with van der Waals surface area (Å²) in [7, 11) is 0. The summed E-state index contributed by atoms with van der Waals surface area (Å²) >= 11 is 0. The quantitative estimate of drug-likeness (QED) is 0.528. The van der Waals surface area contributed by atoms with E-state index in [9.17, 15) is 20.4 Å². The van der Waals surface area contributed by atoms with Crippen LogP contribution in [-0.2, 0) is 9.47 Å². The van der Waals surface area contributed by atoms with Gasteiger partial charge in [-0.05, 0) is 12.8 Å². The molecule has 0 spiro atoms. The Morgan fingerprint density at radius 3 is 2.28 bits per heavy atom. The van der Waals surface area contributed by atoms with Crippen molar-refractivity contribution in [1.82, 2.24) is 0 Å². The van der Waals surface area contributed by atoms with Crippen molar-refractivity contribution in [3.8, 4) is 0 Å². The van der Waals surface area contributed by atoms with Crippen molar-refractivity contribution in [2.75, 3.05) is 6.61 Å². The summed E-state index contributed by atoms with van der Waals surface area (Å²) in [4.78, 5) is 0. The third-order valence-electron chi connectivity index (χ3n) is 3.74. The predicted octanol–water partition coefficient (Wildman–Crippen LogP) is -0.864. The van der Waals surface area contributed by atoms with Crippen LogP contribution in [0.3, 0.4) is 0 Å². The van der Waals surface area contributed by atoms with Gasteiger partial charge in [0.1, 0.15) is 24.4 Å². The summed E-state index contributed by atoms with van der Waals surface area (Å²) in [6.07, 6.45) is -0.506. The Balaban J connectivity index is 1.98. The van der Waals surface area contributed by atoms with Gasteiger partial charge in [-0.3, -0.25) is 0 Å². The van der Waals surface area contributed by atoms with Crippen molar-refractivity contribution in [1.29, 1.82) is 0 Å². The lowest BCUT2D eigenvalue weighted by Crippen LogP contribution is -2.60. The van der Waals surface area contributed by atoms with E-state index in [0.29, 0.717) is 0 Å². The smallest absolute Gasteiger partial charge is 0.184 e. The second-order valence-corrected chi connectivity index (χ2v) is 5.09. The zero-order valence-electron chi connectivity index (χ0n) is 10.3. The van der Waals surface area contributed by atoms with Gasteiger partial charge in [-0.15, -0.1) is 0 Å². The van der Waals surface area contributed by atoms with Crippen molar-refractivity contribution in [3.63, 3.8) is 0 Å². The van der Waals surface area contributed by atoms with Crippen molar-refractivity contribution >= 4 is 0 Å². The molecule has 1 saturated carbocycles. The zero-order valence-corrected chi connectivity index (χ0v) is 10.3. The number of ether oxygens (including phenoxy) is 2. The molecule has 1 aliphatic heterocycles. The maximum atomic E-state index is 9.91. The van der Waals surface area contributed by atoms with Gasteiger partial charge in [0.25, 0.3) is 0 Å². The molecule has 4 N–H and O–H groups in total. The van der Waals surface area contributed by atoms with Crippen molar-refractivity contribution < 1.29 is 29.9 Å². The fourth-order valence-corrected chi connectivity index (χ4v) is 2.66. The highest BCUT2D eigenvalue weighted by molar-refractivity contribution is 4.90. The molecule has 106 valence electrons. The lowest BCUT2D eigenvalue weighted by atomic mass is 9.95. The van der Waals surface area contributed by atoms with Gasteiger partial charge in [0.2, 0.25) is 0 Å². The van der Waals surface area contributed by atoms with Gasteiger partial charge in [0.15, 0.2) is 6.29 Å². The van der Waals surface area contributed by atoms with E-state index in [1.807, 2.05) is 0 Å². The molecular weight excluding hydrogens is 240 g/mol. The first-order valence-corrected chi connectivity index (χ1v) is 6.59. The molecule has 18 heavy (non-hydrogen) atoms. The van der Waals surface area contributed by atoms with E-state index < -0.39 is 30.7 Å². The van der Waals surface area contributed by atoms with Gasteiger partial charge < -0.3 is 29.9 Å². The van der Waals surface area contributed by atoms with Crippen molar-refractivity contribution in [2.45, 2.75) is 68.9 Å². The largest absolute Gasteiger partial charge is 0.394 e. The van der Waals surface area contributed by atoms with Crippen LogP contribution in [0.15, 0.2) is 0 Å². The number of aliphatic hydroxyl groups is 4. The first kappa shape index (κ1) is 14.2. The van der Waals surface area contributed by atoms with Crippen LogP contribution < -0.4 is 0 Å². The highest BCUT2D eigenvalue weighted by atomic mass is 16.7. The summed E-state index contributed by atoms with van der Waals surface area (Å²) in [5.41, 5.74) is 0. The predicted molar refractivity (Wildman–Crippen MR) is 61.7 cm³/mol. The Morgan fingerprint density at radius 1 is 1.00 bits per heavy atom. The molecule has 0 bridgehead atoms. The van der Waals surface area contributed by atoms with E-state index in [-0.39, 0.29) is 12.7 Å². The number of rotatable bonds is 3. The Labute approximate surface area is 106 Å². The first-order valence-electron chi connectivity index (χ1n) is 6.59. The zero-order chi connectivity index (χ0) is 13.1. The molecule has 1 aliphatic carbocycles. The van der Waals surface area contributed by atoms with Crippen LogP contribution in [0.25, 0.3) is 0 Å². The van der Waals surface area contributed by atoms with Crippen molar-refractivity contribution in [3.05, 3.63) is 0 Å². The third kappa shape index (κ3) is 3.01. The molecule has 6 nitrogen and oxygen atoms in total. The fraction of sp³-hybridized carbons (Fsp3) is 1.00. The third-order valence-corrected chi connectivity index (χ3v) is 3.74. The molecule has 0 radical (unpaired) electrons. The van der Waals surface area contributed by atoms with E-state index >= 15 is 0 Å². The van der Waals surface area contributed by atoms with Gasteiger partial charge in [-0.2, -0.15) is 0 Å². The second-order valence-electron chi connectivity index (χ2n) is 5.09. The standard InChI is InChI=1S/C12H22O6/c13-6-8-11(9(14)10(15)12(16)18-8)17-7-4-2-1-3-5-7/h7-16H,1-6H2/t8-,9-,10+,11-,12?/m1/s1. The molecule has 5 atom stereocenters. The van der Waals surface area contributed by atoms with E-state index in [1.54, 1.807) is 0 Å². The molecule has 1 saturated heterocycles. The molecule has 0 amide bonds. The Hall–Kier alpha value is -0.240. The highest BCUT2D eigenvalue weighted by Gasteiger charge is 2.45. The van der Waals surface area contributed by atoms with Gasteiger partial charge >= 0.3 is 0 Å². The SMILES string of the molecule is OC[C@H]1OC(O)[C@@H](O)[C@@H](O)[C@@H]1OC1CCCCC1. The molecule has 1 unspecified atom stereocenters. The van der Waals surface area contributed by atoms with Crippen LogP contribution in [0.5, 0.6) is 0 Å². The molecule has 1 heterocycles. The van der Waals surface area contributed by atoms with Gasteiger partial charge in [0.05, 0.1) is 12.7 Å². The average molecular weight is 262 g/mol. The topological polar surface area (TPSA) is 99.4 Å². The molecule has 2 rings (SSSR count). The van der Waals surface area contributed by atoms with E-state index in [1.165, 1.54) is 6.42 Å². The fourth-order valence-electron chi connectivity index (χ4n) is 2.66. The van der Waals surface area contributed by atoms with Crippen LogP contribution in [0.1, 0.15) is 32.1 Å². The molecule has 0 aromatic heterocycles. The minimum atomic E-state index is -1.48. The minimum Gasteiger partial charge on any atom is -0.394 e. The molecule has 0 aromatic carbocycles. The molecule has 6 heteroatoms. The lowest BCUT2D eigenvalue weighted by Gasteiger charge is -2.42. The van der Waals surface area contributed by atoms with E-state index in [4.69, 9.17) is 9.47 Å². The molecular formula is C12H22O6. The number of hydrogen-bond acceptors (Lipinski definition) is 6. The van der Waals surface area contributed by atoms with Gasteiger partial charge in [-0.1, -0.05) is 19.3 Å². The summed E-state index contributed by atoms with van der Waals surface area (Å²) in [6, 6.07) is 0. The van der Waals surface area contributed by atoms with Crippen LogP contribution in [0.2, 0.25) is 0 Å². The van der Waals surface area contributed by atoms with Crippen LogP contribution >= 0.6 is 0 Å². The van der Waals surface area contributed by atoms with Crippen LogP contribution in [0.4, 0.5) is 0 Å². The lowest BCUT2D eigenvalue weighted by molar-refractivity contribution is -0.301. The van der Waals surface area contributed by atoms with E-state index in [0.717, 1.165) is 25.7 Å². The van der Waals surface area contributed by atoms with Gasteiger partial charge in [-0.25, -0.2) is 0 Å². The normalized spacial score (nSPS) is 43.0. The summed E-state index contributed by atoms with van der Waals surface area (Å²) in [6.45, 7) is -0.363. The monoisotopic (exact) mass is 262 g/mol. The Morgan fingerprint density at radius 2 is 1.67 bits per heavy atom. The van der Waals surface area contributed by atoms with Crippen LogP contribution in [-0.4, -0.2) is 63.8 Å². The van der Waals surface area contributed by atoms with E-state index in [2.05, 4.69) is 0 Å². The Kier molecular flexibility index (Phi) is 4.94. The van der Waals surface area contributed by atoms with Gasteiger partial charge in [0, 0.05) is 0 Å². The summed E-state index contributed by atoms with van der Waals surface area (Å²) in [5, 5.41) is 38.1. The summed E-state index contributed by atoms with van der Waals surface area (Å²) < 4.78 is 10.8. The minimum absolute atomic E-state index is 0.0264. The second kappa shape index (κ2) is 6.27. The van der Waals surface area contributed by atoms with Crippen LogP contribution in [0, 0.1) is 0 Å². The highest BCUT2D eigenvalue weighted by Crippen LogP contribution is 2.28. The maximum absolute atomic E-state index is 9.91. The molecule has 2 fully saturated rings. The molecule has 0 aromatic rings. The number of hydrogen-bond donors (Lipinski definition) is 4.